The maximum Gasteiger partial charge on any atom is 0.0899 e. The highest BCUT2D eigenvalue weighted by Gasteiger charge is 2.17. The van der Waals surface area contributed by atoms with Crippen LogP contribution in [-0.4, -0.2) is 17.3 Å². The second-order valence-electron chi connectivity index (χ2n) is 2.11. The maximum atomic E-state index is 4.03. The molecule has 0 aliphatic carbocycles. The molecule has 0 saturated carbocycles. The van der Waals surface area contributed by atoms with Crippen LogP contribution in [0.2, 0.25) is 0 Å². The second-order valence-corrected chi connectivity index (χ2v) is 4.24. The highest BCUT2D eigenvalue weighted by atomic mass is 32.2. The summed E-state index contributed by atoms with van der Waals surface area (Å²) in [6.45, 7) is 1.13. The Morgan fingerprint density at radius 2 is 2.70 bits per heavy atom. The summed E-state index contributed by atoms with van der Waals surface area (Å²) in [6.07, 6.45) is 1.95. The summed E-state index contributed by atoms with van der Waals surface area (Å²) in [7, 11) is 0. The van der Waals surface area contributed by atoms with Gasteiger partial charge in [0, 0.05) is 18.5 Å². The van der Waals surface area contributed by atoms with Crippen molar-refractivity contribution in [2.75, 3.05) is 12.3 Å². The molecule has 1 aliphatic heterocycles. The fourth-order valence-electron chi connectivity index (χ4n) is 0.964. The van der Waals surface area contributed by atoms with Gasteiger partial charge in [-0.25, -0.2) is 0 Å². The summed E-state index contributed by atoms with van der Waals surface area (Å²) >= 11 is 3.69. The van der Waals surface area contributed by atoms with Crippen LogP contribution in [0.5, 0.6) is 0 Å². The van der Waals surface area contributed by atoms with Gasteiger partial charge in [0.1, 0.15) is 0 Å². The Morgan fingerprint density at radius 3 is 3.30 bits per heavy atom. The van der Waals surface area contributed by atoms with E-state index in [1.54, 1.807) is 11.3 Å². The number of thioether (sulfide) groups is 1. The summed E-state index contributed by atoms with van der Waals surface area (Å²) < 4.78 is 0. The van der Waals surface area contributed by atoms with E-state index in [1.165, 1.54) is 10.6 Å². The second kappa shape index (κ2) is 2.90. The van der Waals surface area contributed by atoms with Gasteiger partial charge in [0.2, 0.25) is 0 Å². The molecule has 0 radical (unpaired) electrons. The number of nitrogens with one attached hydrogen (secondary N) is 1. The zero-order valence-corrected chi connectivity index (χ0v) is 7.04. The van der Waals surface area contributed by atoms with Crippen LogP contribution >= 0.6 is 23.1 Å². The van der Waals surface area contributed by atoms with E-state index in [1.807, 2.05) is 23.5 Å². The third-order valence-corrected chi connectivity index (χ3v) is 3.61. The summed E-state index contributed by atoms with van der Waals surface area (Å²) in [4.78, 5) is 5.38. The largest absolute Gasteiger partial charge is 0.300 e. The Labute approximate surface area is 68.1 Å². The van der Waals surface area contributed by atoms with Crippen molar-refractivity contribution < 1.29 is 0 Å². The SMILES string of the molecule is c1ncc(C2NCCS2)s1. The van der Waals surface area contributed by atoms with Gasteiger partial charge in [0.05, 0.1) is 15.8 Å². The standard InChI is InChI=1S/C6H8N2S2/c1-2-9-6(8-1)5-3-7-4-10-5/h3-4,6,8H,1-2H2. The first kappa shape index (κ1) is 6.64. The molecule has 1 fully saturated rings. The third-order valence-electron chi connectivity index (χ3n) is 1.43. The smallest absolute Gasteiger partial charge is 0.0899 e. The average Bonchev–Trinajstić information content (AvgIpc) is 2.59. The van der Waals surface area contributed by atoms with E-state index in [0.717, 1.165) is 6.54 Å². The summed E-state index contributed by atoms with van der Waals surface area (Å²) in [5.41, 5.74) is 1.88. The first-order valence-electron chi connectivity index (χ1n) is 3.20. The van der Waals surface area contributed by atoms with E-state index in [-0.39, 0.29) is 0 Å². The molecule has 1 aromatic heterocycles. The third kappa shape index (κ3) is 1.19. The van der Waals surface area contributed by atoms with Crippen LogP contribution in [0, 0.1) is 0 Å². The van der Waals surface area contributed by atoms with Crippen LogP contribution in [0.4, 0.5) is 0 Å². The molecule has 0 aromatic carbocycles. The normalized spacial score (nSPS) is 25.4. The van der Waals surface area contributed by atoms with Crippen molar-refractivity contribution in [3.8, 4) is 0 Å². The minimum Gasteiger partial charge on any atom is -0.300 e. The fourth-order valence-corrected chi connectivity index (χ4v) is 2.84. The molecule has 10 heavy (non-hydrogen) atoms. The predicted molar refractivity (Wildman–Crippen MR) is 45.3 cm³/mol. The number of hydrogen-bond acceptors (Lipinski definition) is 4. The van der Waals surface area contributed by atoms with Crippen LogP contribution in [0.1, 0.15) is 10.3 Å². The molecule has 1 aromatic rings. The van der Waals surface area contributed by atoms with Gasteiger partial charge in [-0.3, -0.25) is 4.98 Å². The first-order chi connectivity index (χ1) is 4.97. The van der Waals surface area contributed by atoms with Crippen LogP contribution in [0.25, 0.3) is 0 Å². The van der Waals surface area contributed by atoms with E-state index in [2.05, 4.69) is 10.3 Å². The summed E-state index contributed by atoms with van der Waals surface area (Å²) in [5.74, 6) is 1.22. The van der Waals surface area contributed by atoms with Crippen molar-refractivity contribution in [3.63, 3.8) is 0 Å². The number of thiazole rings is 1. The minimum atomic E-state index is 0.521. The molecule has 1 N–H and O–H groups in total. The van der Waals surface area contributed by atoms with E-state index < -0.39 is 0 Å². The van der Waals surface area contributed by atoms with Gasteiger partial charge in [0.25, 0.3) is 0 Å². The van der Waals surface area contributed by atoms with Crippen molar-refractivity contribution in [3.05, 3.63) is 16.6 Å². The molecule has 0 bridgehead atoms. The van der Waals surface area contributed by atoms with Crippen molar-refractivity contribution in [1.82, 2.24) is 10.3 Å². The highest BCUT2D eigenvalue weighted by molar-refractivity contribution is 7.99. The summed E-state index contributed by atoms with van der Waals surface area (Å²) in [5, 5.41) is 3.91. The molecule has 4 heteroatoms. The molecule has 2 nitrogen and oxygen atoms in total. The van der Waals surface area contributed by atoms with Crippen molar-refractivity contribution in [1.29, 1.82) is 0 Å². The Morgan fingerprint density at radius 1 is 1.70 bits per heavy atom. The van der Waals surface area contributed by atoms with Gasteiger partial charge < -0.3 is 5.32 Å². The van der Waals surface area contributed by atoms with Crippen LogP contribution in [0.15, 0.2) is 11.7 Å². The van der Waals surface area contributed by atoms with Gasteiger partial charge in [-0.2, -0.15) is 0 Å². The molecule has 2 rings (SSSR count). The lowest BCUT2D eigenvalue weighted by Gasteiger charge is -2.03. The molecule has 1 aliphatic rings. The Balaban J connectivity index is 2.12. The molecule has 1 unspecified atom stereocenters. The fraction of sp³-hybridized carbons (Fsp3) is 0.500. The Hall–Kier alpha value is -0.0600. The van der Waals surface area contributed by atoms with E-state index >= 15 is 0 Å². The van der Waals surface area contributed by atoms with Crippen LogP contribution in [-0.2, 0) is 0 Å². The van der Waals surface area contributed by atoms with Gasteiger partial charge in [0.15, 0.2) is 0 Å². The molecule has 1 saturated heterocycles. The minimum absolute atomic E-state index is 0.521. The number of hydrogen-bond donors (Lipinski definition) is 1. The quantitative estimate of drug-likeness (QED) is 0.694. The molecule has 0 spiro atoms. The predicted octanol–water partition coefficient (Wildman–Crippen LogP) is 1.48. The molecule has 54 valence electrons. The van der Waals surface area contributed by atoms with Crippen molar-refractivity contribution >= 4 is 23.1 Å². The van der Waals surface area contributed by atoms with Gasteiger partial charge in [-0.05, 0) is 0 Å². The lowest BCUT2D eigenvalue weighted by molar-refractivity contribution is 0.759. The maximum absolute atomic E-state index is 4.03. The molecular weight excluding hydrogens is 164 g/mol. The monoisotopic (exact) mass is 172 g/mol. The Kier molecular flexibility index (Phi) is 1.93. The molecular formula is C6H8N2S2. The van der Waals surface area contributed by atoms with Gasteiger partial charge in [-0.15, -0.1) is 23.1 Å². The molecule has 1 atom stereocenters. The topological polar surface area (TPSA) is 24.9 Å². The number of rotatable bonds is 1. The zero-order chi connectivity index (χ0) is 6.81. The summed E-state index contributed by atoms with van der Waals surface area (Å²) in [6, 6.07) is 0. The molecule has 2 heterocycles. The number of nitrogens with zero attached hydrogens (tertiary/aromatic N) is 1. The van der Waals surface area contributed by atoms with E-state index in [0.29, 0.717) is 5.37 Å². The van der Waals surface area contributed by atoms with Crippen LogP contribution in [0.3, 0.4) is 0 Å². The van der Waals surface area contributed by atoms with E-state index in [4.69, 9.17) is 0 Å². The highest BCUT2D eigenvalue weighted by Crippen LogP contribution is 2.31. The Bertz CT molecular complexity index is 192. The molecule has 0 amide bonds. The van der Waals surface area contributed by atoms with Gasteiger partial charge >= 0.3 is 0 Å². The first-order valence-corrected chi connectivity index (χ1v) is 5.13. The number of aromatic nitrogens is 1. The van der Waals surface area contributed by atoms with E-state index in [9.17, 15) is 0 Å². The van der Waals surface area contributed by atoms with Crippen molar-refractivity contribution in [2.45, 2.75) is 5.37 Å². The van der Waals surface area contributed by atoms with Gasteiger partial charge in [-0.1, -0.05) is 0 Å². The van der Waals surface area contributed by atoms with Crippen molar-refractivity contribution in [2.24, 2.45) is 0 Å². The lowest BCUT2D eigenvalue weighted by Crippen LogP contribution is -2.10. The zero-order valence-electron chi connectivity index (χ0n) is 5.41. The van der Waals surface area contributed by atoms with Crippen LogP contribution < -0.4 is 5.32 Å². The average molecular weight is 172 g/mol. The lowest BCUT2D eigenvalue weighted by atomic mass is 10.5.